The maximum absolute atomic E-state index is 4.21. The first-order valence-corrected chi connectivity index (χ1v) is 5.15. The van der Waals surface area contributed by atoms with Gasteiger partial charge in [0, 0.05) is 18.0 Å². The summed E-state index contributed by atoms with van der Waals surface area (Å²) in [5.74, 6) is 1.35. The van der Waals surface area contributed by atoms with E-state index in [1.807, 2.05) is 6.07 Å². The molecule has 0 aliphatic rings. The van der Waals surface area contributed by atoms with Crippen LogP contribution in [-0.4, -0.2) is 9.97 Å². The SMILES string of the molecule is CC(C)c1ccc(-c2ncccn2)cc1. The third-order valence-corrected chi connectivity index (χ3v) is 2.40. The summed E-state index contributed by atoms with van der Waals surface area (Å²) in [5.41, 5.74) is 2.41. The van der Waals surface area contributed by atoms with Gasteiger partial charge in [-0.3, -0.25) is 0 Å². The molecule has 0 bridgehead atoms. The van der Waals surface area contributed by atoms with Crippen molar-refractivity contribution in [1.29, 1.82) is 0 Å². The molecule has 0 fully saturated rings. The highest BCUT2D eigenvalue weighted by Crippen LogP contribution is 2.19. The van der Waals surface area contributed by atoms with Crippen LogP contribution in [0.1, 0.15) is 25.3 Å². The summed E-state index contributed by atoms with van der Waals surface area (Å²) >= 11 is 0. The monoisotopic (exact) mass is 198 g/mol. The topological polar surface area (TPSA) is 25.8 Å². The lowest BCUT2D eigenvalue weighted by atomic mass is 10.0. The zero-order valence-electron chi connectivity index (χ0n) is 9.01. The van der Waals surface area contributed by atoms with Crippen LogP contribution in [0.2, 0.25) is 0 Å². The molecule has 2 heteroatoms. The molecule has 0 N–H and O–H groups in total. The minimum Gasteiger partial charge on any atom is -0.237 e. The molecule has 76 valence electrons. The van der Waals surface area contributed by atoms with E-state index < -0.39 is 0 Å². The van der Waals surface area contributed by atoms with Gasteiger partial charge in [-0.25, -0.2) is 9.97 Å². The average molecular weight is 198 g/mol. The van der Waals surface area contributed by atoms with Gasteiger partial charge in [0.25, 0.3) is 0 Å². The van der Waals surface area contributed by atoms with Crippen molar-refractivity contribution in [1.82, 2.24) is 9.97 Å². The predicted octanol–water partition coefficient (Wildman–Crippen LogP) is 3.27. The Morgan fingerprint density at radius 1 is 0.933 bits per heavy atom. The average Bonchev–Trinajstić information content (AvgIpc) is 2.30. The van der Waals surface area contributed by atoms with Crippen molar-refractivity contribution in [2.75, 3.05) is 0 Å². The third-order valence-electron chi connectivity index (χ3n) is 2.40. The highest BCUT2D eigenvalue weighted by atomic mass is 14.8. The van der Waals surface area contributed by atoms with Gasteiger partial charge in [-0.1, -0.05) is 38.1 Å². The molecule has 0 radical (unpaired) electrons. The summed E-state index contributed by atoms with van der Waals surface area (Å²) < 4.78 is 0. The van der Waals surface area contributed by atoms with E-state index in [2.05, 4.69) is 48.1 Å². The molecule has 2 nitrogen and oxygen atoms in total. The number of aromatic nitrogens is 2. The van der Waals surface area contributed by atoms with Crippen LogP contribution >= 0.6 is 0 Å². The van der Waals surface area contributed by atoms with Gasteiger partial charge in [0.2, 0.25) is 0 Å². The number of benzene rings is 1. The Labute approximate surface area is 90.0 Å². The van der Waals surface area contributed by atoms with E-state index >= 15 is 0 Å². The first-order valence-electron chi connectivity index (χ1n) is 5.15. The summed E-state index contributed by atoms with van der Waals surface area (Å²) in [6.45, 7) is 4.38. The first kappa shape index (κ1) is 9.84. The van der Waals surface area contributed by atoms with Crippen molar-refractivity contribution in [3.8, 4) is 11.4 Å². The number of hydrogen-bond acceptors (Lipinski definition) is 2. The Morgan fingerprint density at radius 3 is 2.07 bits per heavy atom. The van der Waals surface area contributed by atoms with Crippen molar-refractivity contribution in [2.24, 2.45) is 0 Å². The molecule has 0 amide bonds. The van der Waals surface area contributed by atoms with E-state index in [0.29, 0.717) is 5.92 Å². The minimum atomic E-state index is 0.566. The Kier molecular flexibility index (Phi) is 2.77. The van der Waals surface area contributed by atoms with Crippen LogP contribution in [0.15, 0.2) is 42.7 Å². The molecule has 15 heavy (non-hydrogen) atoms. The molecule has 2 aromatic rings. The van der Waals surface area contributed by atoms with Gasteiger partial charge in [0.1, 0.15) is 0 Å². The van der Waals surface area contributed by atoms with Gasteiger partial charge in [0.15, 0.2) is 5.82 Å². The molecule has 2 rings (SSSR count). The molecule has 0 saturated heterocycles. The van der Waals surface area contributed by atoms with Crippen molar-refractivity contribution in [2.45, 2.75) is 19.8 Å². The van der Waals surface area contributed by atoms with Crippen molar-refractivity contribution in [3.05, 3.63) is 48.3 Å². The van der Waals surface area contributed by atoms with Crippen molar-refractivity contribution in [3.63, 3.8) is 0 Å². The second-order valence-electron chi connectivity index (χ2n) is 3.85. The van der Waals surface area contributed by atoms with E-state index in [0.717, 1.165) is 11.4 Å². The minimum absolute atomic E-state index is 0.566. The van der Waals surface area contributed by atoms with Crippen molar-refractivity contribution >= 4 is 0 Å². The van der Waals surface area contributed by atoms with Crippen LogP contribution in [0.4, 0.5) is 0 Å². The van der Waals surface area contributed by atoms with Gasteiger partial charge < -0.3 is 0 Å². The van der Waals surface area contributed by atoms with E-state index in [1.54, 1.807) is 12.4 Å². The van der Waals surface area contributed by atoms with E-state index in [-0.39, 0.29) is 0 Å². The van der Waals surface area contributed by atoms with Crippen LogP contribution < -0.4 is 0 Å². The molecule has 0 aliphatic carbocycles. The summed E-state index contributed by atoms with van der Waals surface area (Å²) in [6.07, 6.45) is 3.53. The zero-order chi connectivity index (χ0) is 10.7. The molecule has 1 aromatic carbocycles. The highest BCUT2D eigenvalue weighted by Gasteiger charge is 2.01. The van der Waals surface area contributed by atoms with Gasteiger partial charge >= 0.3 is 0 Å². The molecule has 0 aliphatic heterocycles. The Morgan fingerprint density at radius 2 is 1.53 bits per heavy atom. The Bertz CT molecular complexity index is 418. The standard InChI is InChI=1S/C13H14N2/c1-10(2)11-4-6-12(7-5-11)13-14-8-3-9-15-13/h3-10H,1-2H3. The van der Waals surface area contributed by atoms with Gasteiger partial charge in [-0.2, -0.15) is 0 Å². The lowest BCUT2D eigenvalue weighted by molar-refractivity contribution is 0.867. The fraction of sp³-hybridized carbons (Fsp3) is 0.231. The van der Waals surface area contributed by atoms with Crippen LogP contribution in [0.3, 0.4) is 0 Å². The lowest BCUT2D eigenvalue weighted by Gasteiger charge is -2.05. The second kappa shape index (κ2) is 4.22. The normalized spacial score (nSPS) is 10.6. The molecular weight excluding hydrogens is 184 g/mol. The van der Waals surface area contributed by atoms with Crippen LogP contribution in [0.25, 0.3) is 11.4 Å². The van der Waals surface area contributed by atoms with E-state index in [4.69, 9.17) is 0 Å². The molecular formula is C13H14N2. The maximum atomic E-state index is 4.21. The fourth-order valence-electron chi connectivity index (χ4n) is 1.47. The third kappa shape index (κ3) is 2.21. The van der Waals surface area contributed by atoms with Crippen LogP contribution in [0, 0.1) is 0 Å². The largest absolute Gasteiger partial charge is 0.237 e. The fourth-order valence-corrected chi connectivity index (χ4v) is 1.47. The molecule has 0 saturated carbocycles. The summed E-state index contributed by atoms with van der Waals surface area (Å²) in [7, 11) is 0. The Balaban J connectivity index is 2.32. The molecule has 1 heterocycles. The molecule has 0 atom stereocenters. The highest BCUT2D eigenvalue weighted by molar-refractivity contribution is 5.54. The summed E-state index contributed by atoms with van der Waals surface area (Å²) in [6, 6.07) is 10.2. The Hall–Kier alpha value is -1.70. The van der Waals surface area contributed by atoms with Crippen molar-refractivity contribution < 1.29 is 0 Å². The summed E-state index contributed by atoms with van der Waals surface area (Å²) in [5, 5.41) is 0. The summed E-state index contributed by atoms with van der Waals surface area (Å²) in [4.78, 5) is 8.42. The van der Waals surface area contributed by atoms with Crippen LogP contribution in [-0.2, 0) is 0 Å². The maximum Gasteiger partial charge on any atom is 0.159 e. The number of nitrogens with zero attached hydrogens (tertiary/aromatic N) is 2. The van der Waals surface area contributed by atoms with E-state index in [1.165, 1.54) is 5.56 Å². The first-order chi connectivity index (χ1) is 7.27. The second-order valence-corrected chi connectivity index (χ2v) is 3.85. The number of hydrogen-bond donors (Lipinski definition) is 0. The van der Waals surface area contributed by atoms with Gasteiger partial charge in [0.05, 0.1) is 0 Å². The molecule has 0 spiro atoms. The van der Waals surface area contributed by atoms with Gasteiger partial charge in [-0.05, 0) is 17.5 Å². The number of rotatable bonds is 2. The van der Waals surface area contributed by atoms with Crippen LogP contribution in [0.5, 0.6) is 0 Å². The predicted molar refractivity (Wildman–Crippen MR) is 61.6 cm³/mol. The lowest BCUT2D eigenvalue weighted by Crippen LogP contribution is -1.89. The molecule has 0 unspecified atom stereocenters. The zero-order valence-corrected chi connectivity index (χ0v) is 9.01. The van der Waals surface area contributed by atoms with E-state index in [9.17, 15) is 0 Å². The molecule has 1 aromatic heterocycles. The van der Waals surface area contributed by atoms with Gasteiger partial charge in [-0.15, -0.1) is 0 Å². The quantitative estimate of drug-likeness (QED) is 0.740. The smallest absolute Gasteiger partial charge is 0.159 e.